The van der Waals surface area contributed by atoms with E-state index in [0.29, 0.717) is 16.9 Å². The maximum Gasteiger partial charge on any atom is 0.253 e. The predicted octanol–water partition coefficient (Wildman–Crippen LogP) is 2.67. The van der Waals surface area contributed by atoms with Crippen LogP contribution in [0.4, 0.5) is 0 Å². The highest BCUT2D eigenvalue weighted by atomic mass is 32.2. The van der Waals surface area contributed by atoms with Crippen LogP contribution < -0.4 is 0 Å². The number of fused-ring (bicyclic) bond motifs is 1. The van der Waals surface area contributed by atoms with E-state index in [9.17, 15) is 13.2 Å². The molecule has 0 saturated carbocycles. The van der Waals surface area contributed by atoms with Crippen LogP contribution in [0.25, 0.3) is 0 Å². The summed E-state index contributed by atoms with van der Waals surface area (Å²) in [5.41, 5.74) is 1.40. The van der Waals surface area contributed by atoms with Crippen LogP contribution in [0.3, 0.4) is 0 Å². The Morgan fingerprint density at radius 3 is 2.48 bits per heavy atom. The number of sulfone groups is 1. The molecule has 1 aromatic carbocycles. The molecule has 5 heteroatoms. The minimum Gasteiger partial charge on any atom is -0.339 e. The van der Waals surface area contributed by atoms with Crippen LogP contribution >= 0.6 is 0 Å². The lowest BCUT2D eigenvalue weighted by Crippen LogP contribution is -2.32. The molecule has 116 valence electrons. The number of carbonyl (C=O) groups excluding carboxylic acids is 1. The van der Waals surface area contributed by atoms with Crippen molar-refractivity contribution in [3.8, 4) is 0 Å². The average Bonchev–Trinajstić information content (AvgIpc) is 2.45. The van der Waals surface area contributed by atoms with E-state index in [2.05, 4.69) is 13.8 Å². The summed E-state index contributed by atoms with van der Waals surface area (Å²) in [5, 5.41) is 0. The molecule has 0 saturated heterocycles. The fraction of sp³-hybridized carbons (Fsp3) is 0.562. The Hall–Kier alpha value is -1.36. The topological polar surface area (TPSA) is 54.5 Å². The molecule has 0 aromatic heterocycles. The molecule has 1 amide bonds. The summed E-state index contributed by atoms with van der Waals surface area (Å²) >= 11 is 0. The van der Waals surface area contributed by atoms with E-state index in [1.54, 1.807) is 18.2 Å². The highest BCUT2D eigenvalue weighted by Crippen LogP contribution is 2.26. The molecule has 4 nitrogen and oxygen atoms in total. The Kier molecular flexibility index (Phi) is 5.04. The minimum absolute atomic E-state index is 0.00414. The highest BCUT2D eigenvalue weighted by molar-refractivity contribution is 7.91. The van der Waals surface area contributed by atoms with Gasteiger partial charge in [-0.15, -0.1) is 0 Å². The van der Waals surface area contributed by atoms with Crippen LogP contribution in [0.5, 0.6) is 0 Å². The maximum absolute atomic E-state index is 12.5. The second-order valence-corrected chi connectivity index (χ2v) is 7.61. The summed E-state index contributed by atoms with van der Waals surface area (Å²) in [5.74, 6) is 0.218. The molecule has 0 aliphatic carbocycles. The van der Waals surface area contributed by atoms with Crippen molar-refractivity contribution in [2.45, 2.75) is 44.4 Å². The molecule has 0 radical (unpaired) electrons. The van der Waals surface area contributed by atoms with Gasteiger partial charge in [-0.3, -0.25) is 4.79 Å². The zero-order valence-corrected chi connectivity index (χ0v) is 13.6. The lowest BCUT2D eigenvalue weighted by molar-refractivity contribution is 0.0755. The van der Waals surface area contributed by atoms with Gasteiger partial charge in [0.25, 0.3) is 5.91 Å². The second-order valence-electron chi connectivity index (χ2n) is 5.54. The van der Waals surface area contributed by atoms with Gasteiger partial charge < -0.3 is 4.90 Å². The van der Waals surface area contributed by atoms with Crippen LogP contribution in [0.2, 0.25) is 0 Å². The molecule has 1 aromatic rings. The average molecular weight is 309 g/mol. The van der Waals surface area contributed by atoms with Crippen LogP contribution in [0, 0.1) is 0 Å². The van der Waals surface area contributed by atoms with E-state index in [0.717, 1.165) is 37.9 Å². The standard InChI is InChI=1S/C16H23NO3S/c1-3-9-17(10-4-2)16(18)14-7-8-15-13(12-14)6-5-11-21(15,19)20/h7-8,12H,3-6,9-11H2,1-2H3. The molecule has 0 fully saturated rings. The highest BCUT2D eigenvalue weighted by Gasteiger charge is 2.25. The zero-order chi connectivity index (χ0) is 15.5. The number of benzene rings is 1. The van der Waals surface area contributed by atoms with Crippen molar-refractivity contribution in [1.82, 2.24) is 4.90 Å². The van der Waals surface area contributed by atoms with Gasteiger partial charge in [0.05, 0.1) is 10.6 Å². The molecule has 0 bridgehead atoms. The van der Waals surface area contributed by atoms with Crippen LogP contribution in [0.1, 0.15) is 49.0 Å². The first-order valence-corrected chi connectivity index (χ1v) is 9.29. The molecular formula is C16H23NO3S. The number of carbonyl (C=O) groups is 1. The van der Waals surface area contributed by atoms with Crippen molar-refractivity contribution in [3.63, 3.8) is 0 Å². The molecule has 0 atom stereocenters. The largest absolute Gasteiger partial charge is 0.339 e. The second kappa shape index (κ2) is 6.60. The summed E-state index contributed by atoms with van der Waals surface area (Å²) in [6.07, 6.45) is 3.22. The number of rotatable bonds is 5. The third kappa shape index (κ3) is 3.46. The van der Waals surface area contributed by atoms with Gasteiger partial charge >= 0.3 is 0 Å². The first-order valence-electron chi connectivity index (χ1n) is 7.64. The zero-order valence-electron chi connectivity index (χ0n) is 12.8. The van der Waals surface area contributed by atoms with Gasteiger partial charge in [-0.25, -0.2) is 8.42 Å². The Morgan fingerprint density at radius 1 is 1.19 bits per heavy atom. The summed E-state index contributed by atoms with van der Waals surface area (Å²) < 4.78 is 24.0. The van der Waals surface area contributed by atoms with Crippen molar-refractivity contribution < 1.29 is 13.2 Å². The lowest BCUT2D eigenvalue weighted by Gasteiger charge is -2.23. The summed E-state index contributed by atoms with van der Waals surface area (Å²) in [7, 11) is -3.15. The molecule has 1 aliphatic rings. The molecule has 1 aliphatic heterocycles. The quantitative estimate of drug-likeness (QED) is 0.840. The number of nitrogens with zero attached hydrogens (tertiary/aromatic N) is 1. The fourth-order valence-corrected chi connectivity index (χ4v) is 4.39. The molecule has 21 heavy (non-hydrogen) atoms. The Bertz CT molecular complexity index is 616. The van der Waals surface area contributed by atoms with Gasteiger partial charge in [0.1, 0.15) is 0 Å². The number of aryl methyl sites for hydroxylation is 1. The lowest BCUT2D eigenvalue weighted by atomic mass is 10.1. The first kappa shape index (κ1) is 16.0. The van der Waals surface area contributed by atoms with Gasteiger partial charge in [0, 0.05) is 18.7 Å². The van der Waals surface area contributed by atoms with Crippen LogP contribution in [-0.2, 0) is 16.3 Å². The number of hydrogen-bond donors (Lipinski definition) is 0. The van der Waals surface area contributed by atoms with Crippen LogP contribution in [0.15, 0.2) is 23.1 Å². The molecule has 1 heterocycles. The van der Waals surface area contributed by atoms with E-state index in [-0.39, 0.29) is 11.7 Å². The van der Waals surface area contributed by atoms with Gasteiger partial charge in [0.2, 0.25) is 0 Å². The maximum atomic E-state index is 12.5. The van der Waals surface area contributed by atoms with E-state index >= 15 is 0 Å². The Labute approximate surface area is 127 Å². The summed E-state index contributed by atoms with van der Waals surface area (Å²) in [6.45, 7) is 5.58. The number of hydrogen-bond acceptors (Lipinski definition) is 3. The Morgan fingerprint density at radius 2 is 1.86 bits per heavy atom. The number of amides is 1. The van der Waals surface area contributed by atoms with E-state index in [1.165, 1.54) is 0 Å². The minimum atomic E-state index is -3.15. The monoisotopic (exact) mass is 309 g/mol. The normalized spacial score (nSPS) is 16.3. The van der Waals surface area contributed by atoms with E-state index in [4.69, 9.17) is 0 Å². The van der Waals surface area contributed by atoms with E-state index in [1.807, 2.05) is 4.90 Å². The molecule has 0 N–H and O–H groups in total. The third-order valence-corrected chi connectivity index (χ3v) is 5.67. The van der Waals surface area contributed by atoms with Crippen molar-refractivity contribution in [2.24, 2.45) is 0 Å². The Balaban J connectivity index is 2.31. The first-order chi connectivity index (χ1) is 9.99. The van der Waals surface area contributed by atoms with Crippen molar-refractivity contribution in [1.29, 1.82) is 0 Å². The molecule has 0 unspecified atom stereocenters. The summed E-state index contributed by atoms with van der Waals surface area (Å²) in [4.78, 5) is 14.8. The van der Waals surface area contributed by atoms with Gasteiger partial charge in [-0.1, -0.05) is 13.8 Å². The SMILES string of the molecule is CCCN(CCC)C(=O)c1ccc2c(c1)CCCS2(=O)=O. The molecule has 2 rings (SSSR count). The summed E-state index contributed by atoms with van der Waals surface area (Å²) in [6, 6.07) is 5.03. The van der Waals surface area contributed by atoms with Crippen LogP contribution in [-0.4, -0.2) is 38.1 Å². The van der Waals surface area contributed by atoms with Gasteiger partial charge in [-0.05, 0) is 49.4 Å². The fourth-order valence-electron chi connectivity index (χ4n) is 2.81. The van der Waals surface area contributed by atoms with Gasteiger partial charge in [-0.2, -0.15) is 0 Å². The smallest absolute Gasteiger partial charge is 0.253 e. The van der Waals surface area contributed by atoms with Crippen molar-refractivity contribution in [2.75, 3.05) is 18.8 Å². The van der Waals surface area contributed by atoms with E-state index < -0.39 is 9.84 Å². The molecule has 0 spiro atoms. The third-order valence-electron chi connectivity index (χ3n) is 3.78. The van der Waals surface area contributed by atoms with Gasteiger partial charge in [0.15, 0.2) is 9.84 Å². The van der Waals surface area contributed by atoms with Crippen molar-refractivity contribution >= 4 is 15.7 Å². The van der Waals surface area contributed by atoms with Crippen molar-refractivity contribution in [3.05, 3.63) is 29.3 Å². The molecular weight excluding hydrogens is 286 g/mol. The predicted molar refractivity (Wildman–Crippen MR) is 83.3 cm³/mol.